The van der Waals surface area contributed by atoms with Gasteiger partial charge in [0.15, 0.2) is 0 Å². The van der Waals surface area contributed by atoms with E-state index in [-0.39, 0.29) is 6.61 Å². The zero-order valence-corrected chi connectivity index (χ0v) is 21.4. The number of hydrogen-bond donors (Lipinski definition) is 0. The van der Waals surface area contributed by atoms with Crippen LogP contribution in [0.3, 0.4) is 0 Å². The van der Waals surface area contributed by atoms with Crippen LogP contribution in [0.25, 0.3) is 33.4 Å². The maximum Gasteiger partial charge on any atom is 0.330 e. The van der Waals surface area contributed by atoms with Crippen molar-refractivity contribution in [2.24, 2.45) is 0 Å². The summed E-state index contributed by atoms with van der Waals surface area (Å²) in [5, 5.41) is 0. The van der Waals surface area contributed by atoms with Crippen molar-refractivity contribution in [3.05, 3.63) is 115 Å². The Kier molecular flexibility index (Phi) is 9.04. The molecule has 0 atom stereocenters. The minimum absolute atomic E-state index is 0.246. The molecule has 4 aromatic rings. The molecule has 0 heterocycles. The Morgan fingerprint density at radius 1 is 0.763 bits per heavy atom. The molecule has 0 saturated carbocycles. The summed E-state index contributed by atoms with van der Waals surface area (Å²) in [6.07, 6.45) is 3.76. The highest BCUT2D eigenvalue weighted by molar-refractivity contribution is 5.81. The molecular weight excluding hydrogens is 482 g/mol. The van der Waals surface area contributed by atoms with Crippen molar-refractivity contribution in [2.45, 2.75) is 26.2 Å². The molecule has 0 aromatic heterocycles. The van der Waals surface area contributed by atoms with E-state index < -0.39 is 17.6 Å². The van der Waals surface area contributed by atoms with Gasteiger partial charge < -0.3 is 9.47 Å². The lowest BCUT2D eigenvalue weighted by molar-refractivity contribution is -0.137. The standard InChI is InChI=1S/C33H30F2O3/c1-3-6-23-7-9-24(10-8-23)26-13-17-30(31(34)21-26)27-14-18-29(32(35)22-27)25-11-15-28(16-12-25)37-19-5-20-38-33(36)4-2/h4,7-18,21-22H,2-3,5-6,19-20H2,1H3. The van der Waals surface area contributed by atoms with E-state index >= 15 is 8.78 Å². The molecule has 38 heavy (non-hydrogen) atoms. The van der Waals surface area contributed by atoms with Crippen molar-refractivity contribution >= 4 is 5.97 Å². The molecule has 0 bridgehead atoms. The first-order valence-electron chi connectivity index (χ1n) is 12.7. The van der Waals surface area contributed by atoms with Gasteiger partial charge in [0.1, 0.15) is 17.4 Å². The summed E-state index contributed by atoms with van der Waals surface area (Å²) in [5.74, 6) is -0.665. The molecule has 4 aromatic carbocycles. The first-order chi connectivity index (χ1) is 18.5. The van der Waals surface area contributed by atoms with Crippen LogP contribution in [0.2, 0.25) is 0 Å². The topological polar surface area (TPSA) is 35.5 Å². The second-order valence-corrected chi connectivity index (χ2v) is 8.93. The van der Waals surface area contributed by atoms with Gasteiger partial charge in [0.05, 0.1) is 13.2 Å². The van der Waals surface area contributed by atoms with Gasteiger partial charge in [-0.1, -0.05) is 80.6 Å². The SMILES string of the molecule is C=CC(=O)OCCCOc1ccc(-c2ccc(-c3ccc(-c4ccc(CCC)cc4)cc3F)cc2F)cc1. The maximum atomic E-state index is 15.1. The molecule has 0 aliphatic heterocycles. The third-order valence-corrected chi connectivity index (χ3v) is 6.21. The van der Waals surface area contributed by atoms with E-state index in [0.717, 1.165) is 30.0 Å². The first-order valence-corrected chi connectivity index (χ1v) is 12.7. The van der Waals surface area contributed by atoms with Crippen molar-refractivity contribution in [2.75, 3.05) is 13.2 Å². The van der Waals surface area contributed by atoms with Gasteiger partial charge in [-0.25, -0.2) is 13.6 Å². The number of aryl methyl sites for hydroxylation is 1. The van der Waals surface area contributed by atoms with Crippen LogP contribution in [-0.4, -0.2) is 19.2 Å². The molecular formula is C33H30F2O3. The summed E-state index contributed by atoms with van der Waals surface area (Å²) in [4.78, 5) is 11.0. The molecule has 0 radical (unpaired) electrons. The summed E-state index contributed by atoms with van der Waals surface area (Å²) in [6.45, 7) is 6.10. The minimum Gasteiger partial charge on any atom is -0.493 e. The number of benzene rings is 4. The number of hydrogen-bond acceptors (Lipinski definition) is 3. The average Bonchev–Trinajstić information content (AvgIpc) is 2.93. The Morgan fingerprint density at radius 3 is 1.97 bits per heavy atom. The molecule has 194 valence electrons. The Morgan fingerprint density at radius 2 is 1.34 bits per heavy atom. The highest BCUT2D eigenvalue weighted by Crippen LogP contribution is 2.32. The molecule has 0 unspecified atom stereocenters. The highest BCUT2D eigenvalue weighted by atomic mass is 19.1. The number of rotatable bonds is 11. The van der Waals surface area contributed by atoms with Crippen LogP contribution in [0.15, 0.2) is 97.6 Å². The Bertz CT molecular complexity index is 1390. The molecule has 0 amide bonds. The highest BCUT2D eigenvalue weighted by Gasteiger charge is 2.12. The van der Waals surface area contributed by atoms with Crippen LogP contribution in [0.1, 0.15) is 25.3 Å². The van der Waals surface area contributed by atoms with E-state index in [2.05, 4.69) is 25.6 Å². The van der Waals surface area contributed by atoms with Gasteiger partial charge in [-0.3, -0.25) is 0 Å². The number of ether oxygens (including phenoxy) is 2. The van der Waals surface area contributed by atoms with Gasteiger partial charge in [-0.15, -0.1) is 0 Å². The predicted molar refractivity (Wildman–Crippen MR) is 148 cm³/mol. The van der Waals surface area contributed by atoms with Crippen molar-refractivity contribution in [1.29, 1.82) is 0 Å². The van der Waals surface area contributed by atoms with E-state index in [1.807, 2.05) is 18.2 Å². The largest absolute Gasteiger partial charge is 0.493 e. The lowest BCUT2D eigenvalue weighted by Crippen LogP contribution is -2.06. The Balaban J connectivity index is 1.42. The quantitative estimate of drug-likeness (QED) is 0.115. The van der Waals surface area contributed by atoms with Crippen LogP contribution in [0.4, 0.5) is 8.78 Å². The number of esters is 1. The number of carbonyl (C=O) groups is 1. The Labute approximate surface area is 222 Å². The molecule has 3 nitrogen and oxygen atoms in total. The summed E-state index contributed by atoms with van der Waals surface area (Å²) in [5.41, 5.74) is 4.92. The van der Waals surface area contributed by atoms with E-state index in [1.165, 1.54) is 17.7 Å². The predicted octanol–water partition coefficient (Wildman–Crippen LogP) is 8.42. The third-order valence-electron chi connectivity index (χ3n) is 6.21. The molecule has 0 saturated heterocycles. The molecule has 0 N–H and O–H groups in total. The van der Waals surface area contributed by atoms with Crippen LogP contribution < -0.4 is 4.74 Å². The molecule has 0 spiro atoms. The fourth-order valence-electron chi connectivity index (χ4n) is 4.21. The molecule has 4 rings (SSSR count). The fourth-order valence-corrected chi connectivity index (χ4v) is 4.21. The van der Waals surface area contributed by atoms with E-state index in [9.17, 15) is 4.79 Å². The molecule has 0 fully saturated rings. The van der Waals surface area contributed by atoms with E-state index in [4.69, 9.17) is 9.47 Å². The first kappa shape index (κ1) is 26.8. The van der Waals surface area contributed by atoms with Gasteiger partial charge >= 0.3 is 5.97 Å². The van der Waals surface area contributed by atoms with Gasteiger partial charge in [-0.05, 0) is 58.5 Å². The second-order valence-electron chi connectivity index (χ2n) is 8.93. The second kappa shape index (κ2) is 12.8. The Hall–Kier alpha value is -4.25. The summed E-state index contributed by atoms with van der Waals surface area (Å²) in [6, 6.07) is 25.0. The zero-order chi connectivity index (χ0) is 26.9. The normalized spacial score (nSPS) is 10.7. The summed E-state index contributed by atoms with van der Waals surface area (Å²) < 4.78 is 40.7. The van der Waals surface area contributed by atoms with E-state index in [0.29, 0.717) is 41.0 Å². The molecule has 5 heteroatoms. The lowest BCUT2D eigenvalue weighted by Gasteiger charge is -2.11. The van der Waals surface area contributed by atoms with Crippen molar-refractivity contribution in [3.8, 4) is 39.1 Å². The van der Waals surface area contributed by atoms with E-state index in [1.54, 1.807) is 42.5 Å². The minimum atomic E-state index is -0.463. The maximum absolute atomic E-state index is 15.1. The van der Waals surface area contributed by atoms with Crippen molar-refractivity contribution in [1.82, 2.24) is 0 Å². The lowest BCUT2D eigenvalue weighted by atomic mass is 9.96. The molecule has 0 aliphatic rings. The third kappa shape index (κ3) is 6.74. The fraction of sp³-hybridized carbons (Fsp3) is 0.182. The van der Waals surface area contributed by atoms with Gasteiger partial charge in [0.2, 0.25) is 0 Å². The van der Waals surface area contributed by atoms with Gasteiger partial charge in [0, 0.05) is 23.6 Å². The number of halogens is 2. The summed E-state index contributed by atoms with van der Waals surface area (Å²) >= 11 is 0. The van der Waals surface area contributed by atoms with Gasteiger partial charge in [-0.2, -0.15) is 0 Å². The van der Waals surface area contributed by atoms with Crippen LogP contribution in [0.5, 0.6) is 5.75 Å². The van der Waals surface area contributed by atoms with Crippen molar-refractivity contribution < 1.29 is 23.0 Å². The molecule has 0 aliphatic carbocycles. The number of carbonyl (C=O) groups excluding carboxylic acids is 1. The summed E-state index contributed by atoms with van der Waals surface area (Å²) in [7, 11) is 0. The van der Waals surface area contributed by atoms with Gasteiger partial charge in [0.25, 0.3) is 0 Å². The van der Waals surface area contributed by atoms with Crippen LogP contribution in [-0.2, 0) is 16.0 Å². The van der Waals surface area contributed by atoms with Crippen LogP contribution in [0, 0.1) is 11.6 Å². The van der Waals surface area contributed by atoms with Crippen LogP contribution >= 0.6 is 0 Å². The average molecular weight is 513 g/mol. The zero-order valence-electron chi connectivity index (χ0n) is 21.4. The monoisotopic (exact) mass is 512 g/mol. The van der Waals surface area contributed by atoms with Crippen molar-refractivity contribution in [3.63, 3.8) is 0 Å². The smallest absolute Gasteiger partial charge is 0.330 e.